The Morgan fingerprint density at radius 2 is 1.94 bits per heavy atom. The van der Waals surface area contributed by atoms with E-state index in [2.05, 4.69) is 10.6 Å². The van der Waals surface area contributed by atoms with Crippen molar-refractivity contribution in [3.8, 4) is 0 Å². The minimum atomic E-state index is -0.671. The summed E-state index contributed by atoms with van der Waals surface area (Å²) in [5.74, 6) is -1.54. The lowest BCUT2D eigenvalue weighted by molar-refractivity contribution is -0.121. The van der Waals surface area contributed by atoms with Gasteiger partial charge in [0.15, 0.2) is 0 Å². The number of methoxy groups -OCH3 is 1. The molecule has 1 aromatic carbocycles. The third-order valence-corrected chi connectivity index (χ3v) is 2.24. The van der Waals surface area contributed by atoms with Gasteiger partial charge in [0, 0.05) is 26.6 Å². The first-order valence-corrected chi connectivity index (χ1v) is 5.58. The van der Waals surface area contributed by atoms with Crippen LogP contribution in [0.2, 0.25) is 0 Å². The highest BCUT2D eigenvalue weighted by atomic mass is 19.1. The predicted octanol–water partition coefficient (Wildman–Crippen LogP) is 1.53. The highest BCUT2D eigenvalue weighted by Gasteiger charge is 2.08. The molecule has 6 heteroatoms. The molecule has 1 aromatic rings. The van der Waals surface area contributed by atoms with E-state index in [9.17, 15) is 13.6 Å². The Labute approximate surface area is 104 Å². The zero-order valence-electron chi connectivity index (χ0n) is 10.1. The van der Waals surface area contributed by atoms with Gasteiger partial charge < -0.3 is 15.4 Å². The molecule has 100 valence electrons. The van der Waals surface area contributed by atoms with Crippen LogP contribution >= 0.6 is 0 Å². The molecule has 0 atom stereocenters. The molecule has 0 aliphatic heterocycles. The number of amides is 1. The van der Waals surface area contributed by atoms with Crippen LogP contribution in [0, 0.1) is 11.6 Å². The second-order valence-electron chi connectivity index (χ2n) is 3.62. The molecule has 0 fully saturated rings. The Hall–Kier alpha value is -1.69. The van der Waals surface area contributed by atoms with Crippen LogP contribution in [0.4, 0.5) is 14.5 Å². The Bertz CT molecular complexity index is 379. The molecular formula is C12H16F2N2O2. The van der Waals surface area contributed by atoms with Crippen LogP contribution in [0.5, 0.6) is 0 Å². The second-order valence-corrected chi connectivity index (χ2v) is 3.62. The zero-order chi connectivity index (χ0) is 13.4. The standard InChI is InChI=1S/C12H16F2N2O2/c1-18-8-7-15-11(17)5-6-16-12-9(13)3-2-4-10(12)14/h2-4,16H,5-8H2,1H3,(H,15,17). The fourth-order valence-corrected chi connectivity index (χ4v) is 1.35. The van der Waals surface area contributed by atoms with Crippen LogP contribution in [-0.4, -0.2) is 32.7 Å². The van der Waals surface area contributed by atoms with Crippen LogP contribution in [0.25, 0.3) is 0 Å². The molecule has 1 rings (SSSR count). The van der Waals surface area contributed by atoms with E-state index in [4.69, 9.17) is 4.74 Å². The van der Waals surface area contributed by atoms with Crippen LogP contribution in [0.3, 0.4) is 0 Å². The van der Waals surface area contributed by atoms with Gasteiger partial charge in [0.05, 0.1) is 6.61 Å². The van der Waals surface area contributed by atoms with Crippen molar-refractivity contribution >= 4 is 11.6 Å². The summed E-state index contributed by atoms with van der Waals surface area (Å²) in [6, 6.07) is 3.60. The molecule has 18 heavy (non-hydrogen) atoms. The summed E-state index contributed by atoms with van der Waals surface area (Å²) in [6.45, 7) is 1.02. The topological polar surface area (TPSA) is 50.4 Å². The molecule has 4 nitrogen and oxygen atoms in total. The van der Waals surface area contributed by atoms with E-state index < -0.39 is 11.6 Å². The number of carbonyl (C=O) groups is 1. The van der Waals surface area contributed by atoms with E-state index >= 15 is 0 Å². The lowest BCUT2D eigenvalue weighted by atomic mass is 10.3. The zero-order valence-corrected chi connectivity index (χ0v) is 10.1. The van der Waals surface area contributed by atoms with E-state index in [1.807, 2.05) is 0 Å². The smallest absolute Gasteiger partial charge is 0.221 e. The average Bonchev–Trinajstić information content (AvgIpc) is 2.33. The third kappa shape index (κ3) is 4.67. The minimum absolute atomic E-state index is 0.136. The molecule has 0 radical (unpaired) electrons. The lowest BCUT2D eigenvalue weighted by Gasteiger charge is -2.08. The number of ether oxygens (including phenoxy) is 1. The van der Waals surface area contributed by atoms with Gasteiger partial charge in [0.1, 0.15) is 17.3 Å². The summed E-state index contributed by atoms with van der Waals surface area (Å²) in [4.78, 5) is 11.3. The first-order valence-electron chi connectivity index (χ1n) is 5.58. The number of para-hydroxylation sites is 1. The van der Waals surface area contributed by atoms with Gasteiger partial charge in [-0.2, -0.15) is 0 Å². The number of hydrogen-bond donors (Lipinski definition) is 2. The largest absolute Gasteiger partial charge is 0.383 e. The number of benzene rings is 1. The van der Waals surface area contributed by atoms with Gasteiger partial charge in [-0.25, -0.2) is 8.78 Å². The summed E-state index contributed by atoms with van der Waals surface area (Å²) in [5, 5.41) is 5.17. The highest BCUT2D eigenvalue weighted by molar-refractivity contribution is 5.76. The van der Waals surface area contributed by atoms with E-state index in [0.29, 0.717) is 13.2 Å². The number of anilines is 1. The van der Waals surface area contributed by atoms with Crippen molar-refractivity contribution in [3.05, 3.63) is 29.8 Å². The van der Waals surface area contributed by atoms with Gasteiger partial charge in [-0.15, -0.1) is 0 Å². The maximum absolute atomic E-state index is 13.2. The van der Waals surface area contributed by atoms with Gasteiger partial charge in [-0.3, -0.25) is 4.79 Å². The van der Waals surface area contributed by atoms with Crippen molar-refractivity contribution in [2.45, 2.75) is 6.42 Å². The fraction of sp³-hybridized carbons (Fsp3) is 0.417. The average molecular weight is 258 g/mol. The number of hydrogen-bond acceptors (Lipinski definition) is 3. The summed E-state index contributed by atoms with van der Waals surface area (Å²) >= 11 is 0. The molecular weight excluding hydrogens is 242 g/mol. The van der Waals surface area contributed by atoms with Crippen LogP contribution in [0.1, 0.15) is 6.42 Å². The van der Waals surface area contributed by atoms with Crippen LogP contribution < -0.4 is 10.6 Å². The summed E-state index contributed by atoms with van der Waals surface area (Å²) in [7, 11) is 1.54. The molecule has 0 bridgehead atoms. The number of rotatable bonds is 7. The molecule has 1 amide bonds. The molecule has 0 aromatic heterocycles. The SMILES string of the molecule is COCCNC(=O)CCNc1c(F)cccc1F. The second kappa shape index (κ2) is 7.60. The van der Waals surface area contributed by atoms with Gasteiger partial charge in [-0.05, 0) is 12.1 Å². The summed E-state index contributed by atoms with van der Waals surface area (Å²) in [6.07, 6.45) is 0.136. The summed E-state index contributed by atoms with van der Waals surface area (Å²) < 4.78 is 31.2. The third-order valence-electron chi connectivity index (χ3n) is 2.24. The van der Waals surface area contributed by atoms with E-state index in [-0.39, 0.29) is 24.6 Å². The number of carbonyl (C=O) groups excluding carboxylic acids is 1. The number of halogens is 2. The van der Waals surface area contributed by atoms with E-state index in [0.717, 1.165) is 12.1 Å². The first kappa shape index (κ1) is 14.4. The van der Waals surface area contributed by atoms with Gasteiger partial charge in [0.25, 0.3) is 0 Å². The molecule has 0 saturated carbocycles. The maximum atomic E-state index is 13.2. The van der Waals surface area contributed by atoms with Crippen molar-refractivity contribution in [2.75, 3.05) is 32.1 Å². The van der Waals surface area contributed by atoms with E-state index in [1.165, 1.54) is 13.2 Å². The monoisotopic (exact) mass is 258 g/mol. The Morgan fingerprint density at radius 1 is 1.28 bits per heavy atom. The minimum Gasteiger partial charge on any atom is -0.383 e. The van der Waals surface area contributed by atoms with Crippen LogP contribution in [-0.2, 0) is 9.53 Å². The van der Waals surface area contributed by atoms with Gasteiger partial charge in [-0.1, -0.05) is 6.07 Å². The van der Waals surface area contributed by atoms with E-state index in [1.54, 1.807) is 0 Å². The molecule has 0 aliphatic rings. The lowest BCUT2D eigenvalue weighted by Crippen LogP contribution is -2.28. The fourth-order valence-electron chi connectivity index (χ4n) is 1.35. The van der Waals surface area contributed by atoms with Gasteiger partial charge >= 0.3 is 0 Å². The van der Waals surface area contributed by atoms with Crippen molar-refractivity contribution in [3.63, 3.8) is 0 Å². The van der Waals surface area contributed by atoms with Crippen molar-refractivity contribution in [2.24, 2.45) is 0 Å². The van der Waals surface area contributed by atoms with Crippen molar-refractivity contribution in [1.82, 2.24) is 5.32 Å². The predicted molar refractivity (Wildman–Crippen MR) is 64.4 cm³/mol. The number of nitrogens with one attached hydrogen (secondary N) is 2. The Balaban J connectivity index is 2.31. The maximum Gasteiger partial charge on any atom is 0.221 e. The Kier molecular flexibility index (Phi) is 6.07. The first-order chi connectivity index (χ1) is 8.65. The van der Waals surface area contributed by atoms with Gasteiger partial charge in [0.2, 0.25) is 5.91 Å². The molecule has 2 N–H and O–H groups in total. The van der Waals surface area contributed by atoms with Crippen LogP contribution in [0.15, 0.2) is 18.2 Å². The molecule has 0 aliphatic carbocycles. The Morgan fingerprint density at radius 3 is 2.56 bits per heavy atom. The normalized spacial score (nSPS) is 10.2. The van der Waals surface area contributed by atoms with Crippen molar-refractivity contribution < 1.29 is 18.3 Å². The highest BCUT2D eigenvalue weighted by Crippen LogP contribution is 2.17. The molecule has 0 heterocycles. The summed E-state index contributed by atoms with van der Waals surface area (Å²) in [5.41, 5.74) is -0.206. The quantitative estimate of drug-likeness (QED) is 0.729. The molecule has 0 unspecified atom stereocenters. The van der Waals surface area contributed by atoms with Crippen molar-refractivity contribution in [1.29, 1.82) is 0 Å². The molecule has 0 saturated heterocycles. The molecule has 0 spiro atoms.